The lowest BCUT2D eigenvalue weighted by molar-refractivity contribution is -0.139. The van der Waals surface area contributed by atoms with Crippen molar-refractivity contribution in [3.8, 4) is 0 Å². The van der Waals surface area contributed by atoms with E-state index in [1.807, 2.05) is 38.1 Å². The highest BCUT2D eigenvalue weighted by Gasteiger charge is 2.38. The lowest BCUT2D eigenvalue weighted by Crippen LogP contribution is -2.56. The lowest BCUT2D eigenvalue weighted by Gasteiger charge is -2.42. The molecular formula is C28H33FN4O4. The van der Waals surface area contributed by atoms with Gasteiger partial charge in [0.05, 0.1) is 23.8 Å². The summed E-state index contributed by atoms with van der Waals surface area (Å²) in [6.07, 6.45) is 0. The fourth-order valence-electron chi connectivity index (χ4n) is 4.89. The number of hydrogen-bond donors (Lipinski definition) is 1. The number of benzene rings is 2. The van der Waals surface area contributed by atoms with Crippen LogP contribution >= 0.6 is 0 Å². The van der Waals surface area contributed by atoms with Crippen LogP contribution < -0.4 is 5.32 Å². The molecule has 0 aromatic heterocycles. The number of rotatable bonds is 6. The molecule has 2 aromatic rings. The average Bonchev–Trinajstić information content (AvgIpc) is 2.87. The second-order valence-corrected chi connectivity index (χ2v) is 9.50. The van der Waals surface area contributed by atoms with E-state index in [0.29, 0.717) is 37.4 Å². The largest absolute Gasteiger partial charge is 0.463 e. The molecule has 37 heavy (non-hydrogen) atoms. The van der Waals surface area contributed by atoms with Gasteiger partial charge in [-0.3, -0.25) is 14.6 Å². The normalized spacial score (nSPS) is 20.6. The number of hydrogen-bond acceptors (Lipinski definition) is 5. The molecule has 8 nitrogen and oxygen atoms in total. The van der Waals surface area contributed by atoms with Crippen molar-refractivity contribution in [2.24, 2.45) is 0 Å². The number of urea groups is 1. The van der Waals surface area contributed by atoms with Gasteiger partial charge in [-0.1, -0.05) is 42.0 Å². The summed E-state index contributed by atoms with van der Waals surface area (Å²) in [6.45, 7) is 7.58. The zero-order chi connectivity index (χ0) is 26.7. The lowest BCUT2D eigenvalue weighted by atomic mass is 9.93. The SMILES string of the molecule is CCOC(=O)C1=C(CN2CCN(C(=O)c3ccccc3F)[C@H](C)C2)N(C)C(=O)N[C@@H]1c1ccc(C)cc1. The Morgan fingerprint density at radius 1 is 1.11 bits per heavy atom. The van der Waals surface area contributed by atoms with Crippen molar-refractivity contribution in [2.45, 2.75) is 32.9 Å². The van der Waals surface area contributed by atoms with Crippen molar-refractivity contribution >= 4 is 17.9 Å². The maximum absolute atomic E-state index is 14.2. The first-order valence-corrected chi connectivity index (χ1v) is 12.5. The van der Waals surface area contributed by atoms with Gasteiger partial charge in [0.2, 0.25) is 0 Å². The first-order chi connectivity index (χ1) is 17.7. The van der Waals surface area contributed by atoms with Crippen LogP contribution in [0.2, 0.25) is 0 Å². The van der Waals surface area contributed by atoms with Crippen LogP contribution in [0.1, 0.15) is 41.4 Å². The summed E-state index contributed by atoms with van der Waals surface area (Å²) < 4.78 is 19.6. The number of likely N-dealkylation sites (N-methyl/N-ethyl adjacent to an activating group) is 1. The molecule has 4 rings (SSSR count). The molecule has 2 aromatic carbocycles. The Bertz CT molecular complexity index is 1210. The van der Waals surface area contributed by atoms with E-state index in [-0.39, 0.29) is 30.2 Å². The molecule has 2 atom stereocenters. The average molecular weight is 509 g/mol. The summed E-state index contributed by atoms with van der Waals surface area (Å²) in [4.78, 5) is 44.3. The quantitative estimate of drug-likeness (QED) is 0.604. The Hall–Kier alpha value is -3.72. The van der Waals surface area contributed by atoms with Gasteiger partial charge in [-0.2, -0.15) is 0 Å². The molecule has 1 saturated heterocycles. The first kappa shape index (κ1) is 26.3. The number of carbonyl (C=O) groups excluding carboxylic acids is 3. The Balaban J connectivity index is 1.60. The van der Waals surface area contributed by atoms with Crippen molar-refractivity contribution in [1.29, 1.82) is 0 Å². The fraction of sp³-hybridized carbons (Fsp3) is 0.393. The van der Waals surface area contributed by atoms with Gasteiger partial charge >= 0.3 is 12.0 Å². The number of halogens is 1. The van der Waals surface area contributed by atoms with Gasteiger partial charge in [0, 0.05) is 45.0 Å². The Morgan fingerprint density at radius 2 is 1.81 bits per heavy atom. The molecule has 2 aliphatic rings. The second kappa shape index (κ2) is 11.1. The molecule has 2 aliphatic heterocycles. The van der Waals surface area contributed by atoms with Gasteiger partial charge in [-0.15, -0.1) is 0 Å². The van der Waals surface area contributed by atoms with Crippen LogP contribution in [0.5, 0.6) is 0 Å². The maximum atomic E-state index is 14.2. The minimum atomic E-state index is -0.639. The van der Waals surface area contributed by atoms with Crippen molar-refractivity contribution < 1.29 is 23.5 Å². The van der Waals surface area contributed by atoms with Crippen LogP contribution in [-0.4, -0.2) is 78.5 Å². The van der Waals surface area contributed by atoms with E-state index >= 15 is 0 Å². The number of nitrogens with zero attached hydrogens (tertiary/aromatic N) is 3. The van der Waals surface area contributed by atoms with Crippen LogP contribution in [0.4, 0.5) is 9.18 Å². The van der Waals surface area contributed by atoms with E-state index in [2.05, 4.69) is 10.2 Å². The third-order valence-electron chi connectivity index (χ3n) is 6.93. The maximum Gasteiger partial charge on any atom is 0.338 e. The molecule has 9 heteroatoms. The fourth-order valence-corrected chi connectivity index (χ4v) is 4.89. The van der Waals surface area contributed by atoms with Crippen LogP contribution in [0.15, 0.2) is 59.8 Å². The molecule has 0 radical (unpaired) electrons. The summed E-state index contributed by atoms with van der Waals surface area (Å²) in [5.41, 5.74) is 2.88. The van der Waals surface area contributed by atoms with Gasteiger partial charge in [0.15, 0.2) is 0 Å². The van der Waals surface area contributed by atoms with E-state index < -0.39 is 17.8 Å². The van der Waals surface area contributed by atoms with Gasteiger partial charge in [0.25, 0.3) is 5.91 Å². The smallest absolute Gasteiger partial charge is 0.338 e. The van der Waals surface area contributed by atoms with Gasteiger partial charge in [-0.25, -0.2) is 14.0 Å². The zero-order valence-electron chi connectivity index (χ0n) is 21.7. The third kappa shape index (κ3) is 5.51. The Kier molecular flexibility index (Phi) is 7.92. The van der Waals surface area contributed by atoms with Crippen LogP contribution in [-0.2, 0) is 9.53 Å². The van der Waals surface area contributed by atoms with E-state index in [0.717, 1.165) is 11.1 Å². The summed E-state index contributed by atoms with van der Waals surface area (Å²) in [5.74, 6) is -1.36. The Labute approximate surface area is 216 Å². The first-order valence-electron chi connectivity index (χ1n) is 12.5. The van der Waals surface area contributed by atoms with Crippen LogP contribution in [0.25, 0.3) is 0 Å². The highest BCUT2D eigenvalue weighted by molar-refractivity contribution is 5.95. The molecule has 1 N–H and O–H groups in total. The molecule has 0 saturated carbocycles. The molecule has 0 aliphatic carbocycles. The van der Waals surface area contributed by atoms with Crippen molar-refractivity contribution in [3.05, 3.63) is 82.3 Å². The standard InChI is InChI=1S/C28H33FN4O4/c1-5-37-27(35)24-23(31(4)28(36)30-25(24)20-12-10-18(2)11-13-20)17-32-14-15-33(19(3)16-32)26(34)21-8-6-7-9-22(21)29/h6-13,19,25H,5,14-17H2,1-4H3,(H,30,36)/t19-,25-/m1/s1. The summed E-state index contributed by atoms with van der Waals surface area (Å²) >= 11 is 0. The molecule has 0 unspecified atom stereocenters. The van der Waals surface area contributed by atoms with Crippen molar-refractivity contribution in [2.75, 3.05) is 39.8 Å². The molecule has 0 spiro atoms. The molecular weight excluding hydrogens is 475 g/mol. The van der Waals surface area contributed by atoms with Crippen LogP contribution in [0.3, 0.4) is 0 Å². The van der Waals surface area contributed by atoms with E-state index in [4.69, 9.17) is 4.74 Å². The van der Waals surface area contributed by atoms with E-state index in [1.165, 1.54) is 17.0 Å². The van der Waals surface area contributed by atoms with E-state index in [1.54, 1.807) is 31.0 Å². The van der Waals surface area contributed by atoms with Crippen molar-refractivity contribution in [1.82, 2.24) is 20.0 Å². The predicted molar refractivity (Wildman–Crippen MR) is 137 cm³/mol. The molecule has 0 bridgehead atoms. The molecule has 3 amide bonds. The van der Waals surface area contributed by atoms with Gasteiger partial charge in [-0.05, 0) is 38.5 Å². The topological polar surface area (TPSA) is 82.2 Å². The van der Waals surface area contributed by atoms with Gasteiger partial charge < -0.3 is 15.0 Å². The predicted octanol–water partition coefficient (Wildman–Crippen LogP) is 3.49. The highest BCUT2D eigenvalue weighted by atomic mass is 19.1. The van der Waals surface area contributed by atoms with E-state index in [9.17, 15) is 18.8 Å². The minimum Gasteiger partial charge on any atom is -0.463 e. The monoisotopic (exact) mass is 508 g/mol. The number of nitrogens with one attached hydrogen (secondary N) is 1. The number of aryl methyl sites for hydroxylation is 1. The molecule has 2 heterocycles. The number of carbonyl (C=O) groups is 3. The van der Waals surface area contributed by atoms with Crippen molar-refractivity contribution in [3.63, 3.8) is 0 Å². The Morgan fingerprint density at radius 3 is 2.46 bits per heavy atom. The zero-order valence-corrected chi connectivity index (χ0v) is 21.7. The summed E-state index contributed by atoms with van der Waals surface area (Å²) in [5, 5.41) is 2.93. The number of esters is 1. The summed E-state index contributed by atoms with van der Waals surface area (Å²) in [7, 11) is 1.64. The molecule has 1 fully saturated rings. The van der Waals surface area contributed by atoms with Crippen LogP contribution in [0, 0.1) is 12.7 Å². The number of amides is 3. The summed E-state index contributed by atoms with van der Waals surface area (Å²) in [6, 6.07) is 12.5. The third-order valence-corrected chi connectivity index (χ3v) is 6.93. The number of ether oxygens (including phenoxy) is 1. The number of piperazine rings is 1. The highest BCUT2D eigenvalue weighted by Crippen LogP contribution is 2.32. The second-order valence-electron chi connectivity index (χ2n) is 9.50. The van der Waals surface area contributed by atoms with Gasteiger partial charge in [0.1, 0.15) is 5.82 Å². The minimum absolute atomic E-state index is 0.0553. The molecule has 196 valence electrons.